The predicted octanol–water partition coefficient (Wildman–Crippen LogP) is 3.77. The zero-order valence-corrected chi connectivity index (χ0v) is 21.3. The highest BCUT2D eigenvalue weighted by atomic mass is 16.5. The zero-order chi connectivity index (χ0) is 26.4. The zero-order valence-electron chi connectivity index (χ0n) is 21.3. The van der Waals surface area contributed by atoms with Gasteiger partial charge in [-0.25, -0.2) is 24.7 Å². The van der Waals surface area contributed by atoms with Crippen LogP contribution in [-0.4, -0.2) is 55.3 Å². The molecule has 0 aromatic carbocycles. The van der Waals surface area contributed by atoms with Crippen LogP contribution in [0.4, 0.5) is 11.4 Å². The summed E-state index contributed by atoms with van der Waals surface area (Å²) in [6.07, 6.45) is 6.82. The lowest BCUT2D eigenvalue weighted by molar-refractivity contribution is 0.0690. The summed E-state index contributed by atoms with van der Waals surface area (Å²) in [6.45, 7) is 4.04. The van der Waals surface area contributed by atoms with Crippen LogP contribution in [0.1, 0.15) is 52.6 Å². The number of hydrogen-bond acceptors (Lipinski definition) is 8. The molecule has 2 aliphatic rings. The van der Waals surface area contributed by atoms with E-state index in [2.05, 4.69) is 20.9 Å². The molecule has 38 heavy (non-hydrogen) atoms. The second kappa shape index (κ2) is 9.60. The van der Waals surface area contributed by atoms with Gasteiger partial charge in [0.15, 0.2) is 5.82 Å². The van der Waals surface area contributed by atoms with Gasteiger partial charge in [-0.05, 0) is 56.9 Å². The third kappa shape index (κ3) is 4.20. The summed E-state index contributed by atoms with van der Waals surface area (Å²) < 4.78 is 7.23. The Hall–Kier alpha value is -4.18. The van der Waals surface area contributed by atoms with Gasteiger partial charge < -0.3 is 14.7 Å². The van der Waals surface area contributed by atoms with E-state index in [1.807, 2.05) is 19.2 Å². The van der Waals surface area contributed by atoms with Gasteiger partial charge in [0.1, 0.15) is 11.3 Å². The van der Waals surface area contributed by atoms with Gasteiger partial charge in [0, 0.05) is 61.1 Å². The molecule has 0 unspecified atom stereocenters. The van der Waals surface area contributed by atoms with Crippen molar-refractivity contribution in [3.63, 3.8) is 0 Å². The van der Waals surface area contributed by atoms with Crippen molar-refractivity contribution in [2.45, 2.75) is 38.5 Å². The molecule has 4 aromatic heterocycles. The Kier molecular flexibility index (Phi) is 6.11. The fourth-order valence-corrected chi connectivity index (χ4v) is 5.39. The molecule has 0 amide bonds. The molecule has 10 heteroatoms. The maximum atomic E-state index is 12.8. The quantitative estimate of drug-likeness (QED) is 0.435. The fraction of sp³-hybridized carbons (Fsp3) is 0.357. The molecular weight excluding hydrogens is 484 g/mol. The smallest absolute Gasteiger partial charge is 0.354 e. The van der Waals surface area contributed by atoms with Crippen molar-refractivity contribution in [2.24, 2.45) is 7.05 Å². The topological polar surface area (TPSA) is 123 Å². The van der Waals surface area contributed by atoms with Gasteiger partial charge in [-0.2, -0.15) is 0 Å². The van der Waals surface area contributed by atoms with Crippen LogP contribution >= 0.6 is 0 Å². The second-order valence-electron chi connectivity index (χ2n) is 9.90. The number of rotatable bonds is 4. The van der Waals surface area contributed by atoms with Crippen LogP contribution in [0.25, 0.3) is 22.4 Å². The maximum absolute atomic E-state index is 12.8. The van der Waals surface area contributed by atoms with E-state index in [0.717, 1.165) is 60.4 Å². The summed E-state index contributed by atoms with van der Waals surface area (Å²) in [6, 6.07) is 7.24. The van der Waals surface area contributed by atoms with E-state index in [4.69, 9.17) is 19.8 Å². The summed E-state index contributed by atoms with van der Waals surface area (Å²) >= 11 is 0. The molecule has 0 saturated carbocycles. The molecule has 6 heterocycles. The molecule has 0 aliphatic carbocycles. The normalized spacial score (nSPS) is 16.0. The Balaban J connectivity index is 1.47. The van der Waals surface area contributed by atoms with Crippen molar-refractivity contribution < 1.29 is 14.6 Å². The van der Waals surface area contributed by atoms with Gasteiger partial charge in [0.05, 0.1) is 23.3 Å². The lowest BCUT2D eigenvalue weighted by Crippen LogP contribution is -2.28. The SMILES string of the molecule is Cc1cc2c(N3CCCc4nc(-c5ccc(C(=O)O)nc5)ncc43)cc(C3CCOCC3)nc2n(C)c1=O. The van der Waals surface area contributed by atoms with Gasteiger partial charge in [0.25, 0.3) is 5.56 Å². The van der Waals surface area contributed by atoms with Crippen LogP contribution in [0.5, 0.6) is 0 Å². The molecule has 1 saturated heterocycles. The van der Waals surface area contributed by atoms with Crippen LogP contribution in [0.15, 0.2) is 41.5 Å². The van der Waals surface area contributed by atoms with Crippen molar-refractivity contribution in [1.82, 2.24) is 24.5 Å². The van der Waals surface area contributed by atoms with Crippen LogP contribution in [0.2, 0.25) is 0 Å². The molecule has 194 valence electrons. The van der Waals surface area contributed by atoms with Crippen molar-refractivity contribution in [2.75, 3.05) is 24.7 Å². The number of pyridine rings is 3. The molecule has 1 N–H and O–H groups in total. The number of nitrogens with zero attached hydrogens (tertiary/aromatic N) is 6. The standard InChI is InChI=1S/C28H28N6O4/c1-16-12-19-23(13-22(17-7-10-38-11-8-17)32-26(19)33(2)27(16)35)34-9-3-4-20-24(34)15-30-25(31-20)18-5-6-21(28(36)37)29-14-18/h5-6,12-15,17H,3-4,7-11H2,1-2H3,(H,36,37). The lowest BCUT2D eigenvalue weighted by Gasteiger charge is -2.32. The van der Waals surface area contributed by atoms with Gasteiger partial charge in [-0.1, -0.05) is 0 Å². The number of hydrogen-bond donors (Lipinski definition) is 1. The van der Waals surface area contributed by atoms with Gasteiger partial charge in [-0.3, -0.25) is 9.36 Å². The highest BCUT2D eigenvalue weighted by molar-refractivity contribution is 5.93. The average Bonchev–Trinajstić information content (AvgIpc) is 2.95. The number of fused-ring (bicyclic) bond motifs is 2. The first kappa shape index (κ1) is 24.2. The Morgan fingerprint density at radius 1 is 1.08 bits per heavy atom. The van der Waals surface area contributed by atoms with Crippen molar-refractivity contribution in [3.05, 3.63) is 69.7 Å². The molecule has 0 radical (unpaired) electrons. The summed E-state index contributed by atoms with van der Waals surface area (Å²) in [5, 5.41) is 10.1. The number of aromatic carboxylic acids is 1. The Labute approximate surface area is 219 Å². The molecule has 2 aliphatic heterocycles. The van der Waals surface area contributed by atoms with Crippen molar-refractivity contribution in [1.29, 1.82) is 0 Å². The molecular formula is C28H28N6O4. The van der Waals surface area contributed by atoms with Crippen LogP contribution in [-0.2, 0) is 18.2 Å². The van der Waals surface area contributed by atoms with Crippen LogP contribution < -0.4 is 10.5 Å². The molecule has 1 fully saturated rings. The van der Waals surface area contributed by atoms with Gasteiger partial charge >= 0.3 is 5.97 Å². The first-order chi connectivity index (χ1) is 18.4. The molecule has 10 nitrogen and oxygen atoms in total. The number of aromatic nitrogens is 5. The number of carboxylic acid groups (broad SMARTS) is 1. The van der Waals surface area contributed by atoms with E-state index < -0.39 is 5.97 Å². The molecule has 6 rings (SSSR count). The van der Waals surface area contributed by atoms with E-state index in [1.165, 1.54) is 12.3 Å². The van der Waals surface area contributed by atoms with E-state index >= 15 is 0 Å². The highest BCUT2D eigenvalue weighted by Crippen LogP contribution is 2.39. The number of ether oxygens (including phenoxy) is 1. The van der Waals surface area contributed by atoms with E-state index in [9.17, 15) is 9.59 Å². The third-order valence-electron chi connectivity index (χ3n) is 7.46. The first-order valence-corrected chi connectivity index (χ1v) is 12.8. The summed E-state index contributed by atoms with van der Waals surface area (Å²) in [5.41, 5.74) is 5.76. The van der Waals surface area contributed by atoms with Gasteiger partial charge in [0.2, 0.25) is 0 Å². The van der Waals surface area contributed by atoms with Crippen LogP contribution in [0, 0.1) is 6.92 Å². The van der Waals surface area contributed by atoms with Gasteiger partial charge in [-0.15, -0.1) is 0 Å². The summed E-state index contributed by atoms with van der Waals surface area (Å²) in [4.78, 5) is 44.7. The highest BCUT2D eigenvalue weighted by Gasteiger charge is 2.26. The minimum absolute atomic E-state index is 0.0209. The second-order valence-corrected chi connectivity index (χ2v) is 9.90. The largest absolute Gasteiger partial charge is 0.477 e. The summed E-state index contributed by atoms with van der Waals surface area (Å²) in [7, 11) is 1.78. The molecule has 4 aromatic rings. The minimum atomic E-state index is -1.07. The predicted molar refractivity (Wildman–Crippen MR) is 142 cm³/mol. The van der Waals surface area contributed by atoms with Crippen molar-refractivity contribution in [3.8, 4) is 11.4 Å². The third-order valence-corrected chi connectivity index (χ3v) is 7.46. The fourth-order valence-electron chi connectivity index (χ4n) is 5.39. The van der Waals surface area contributed by atoms with E-state index in [-0.39, 0.29) is 17.2 Å². The monoisotopic (exact) mass is 512 g/mol. The Morgan fingerprint density at radius 3 is 2.63 bits per heavy atom. The number of anilines is 2. The van der Waals surface area contributed by atoms with Crippen molar-refractivity contribution >= 4 is 28.4 Å². The summed E-state index contributed by atoms with van der Waals surface area (Å²) in [5.74, 6) is -0.292. The number of carbonyl (C=O) groups is 1. The number of aryl methyl sites for hydroxylation is 3. The van der Waals surface area contributed by atoms with Crippen LogP contribution in [0.3, 0.4) is 0 Å². The Morgan fingerprint density at radius 2 is 1.89 bits per heavy atom. The molecule has 0 bridgehead atoms. The van der Waals surface area contributed by atoms with E-state index in [0.29, 0.717) is 35.8 Å². The number of carboxylic acids is 1. The molecule has 0 atom stereocenters. The maximum Gasteiger partial charge on any atom is 0.354 e. The lowest BCUT2D eigenvalue weighted by atomic mass is 9.94. The average molecular weight is 513 g/mol. The molecule has 0 spiro atoms. The Bertz CT molecular complexity index is 1610. The van der Waals surface area contributed by atoms with E-state index in [1.54, 1.807) is 17.7 Å². The first-order valence-electron chi connectivity index (χ1n) is 12.8. The minimum Gasteiger partial charge on any atom is -0.477 e.